The van der Waals surface area contributed by atoms with Gasteiger partial charge in [-0.15, -0.1) is 0 Å². The Hall–Kier alpha value is -3.40. The lowest BCUT2D eigenvalue weighted by molar-refractivity contribution is 0.102. The van der Waals surface area contributed by atoms with Crippen LogP contribution < -0.4 is 5.32 Å². The van der Waals surface area contributed by atoms with Crippen LogP contribution in [0.2, 0.25) is 0 Å². The second kappa shape index (κ2) is 6.48. The van der Waals surface area contributed by atoms with Gasteiger partial charge in [0.15, 0.2) is 5.76 Å². The van der Waals surface area contributed by atoms with Crippen LogP contribution in [0.1, 0.15) is 21.5 Å². The van der Waals surface area contributed by atoms with Gasteiger partial charge < -0.3 is 9.84 Å². The second-order valence-corrected chi connectivity index (χ2v) is 6.43. The Morgan fingerprint density at radius 3 is 2.23 bits per heavy atom. The fourth-order valence-corrected chi connectivity index (χ4v) is 2.84. The van der Waals surface area contributed by atoms with Gasteiger partial charge in [0.1, 0.15) is 5.52 Å². The summed E-state index contributed by atoms with van der Waals surface area (Å²) in [6.07, 6.45) is 0. The fraction of sp³-hybridized carbons (Fsp3) is 0.0909. The molecule has 4 nitrogen and oxygen atoms in total. The zero-order chi connectivity index (χ0) is 18.1. The van der Waals surface area contributed by atoms with Crippen molar-refractivity contribution >= 4 is 22.5 Å². The summed E-state index contributed by atoms with van der Waals surface area (Å²) in [4.78, 5) is 12.6. The number of fused-ring (bicyclic) bond motifs is 1. The van der Waals surface area contributed by atoms with E-state index in [0.29, 0.717) is 11.3 Å². The number of nitrogens with one attached hydrogen (secondary N) is 1. The van der Waals surface area contributed by atoms with Crippen LogP contribution in [0.5, 0.6) is 0 Å². The van der Waals surface area contributed by atoms with Crippen LogP contribution in [0.3, 0.4) is 0 Å². The van der Waals surface area contributed by atoms with E-state index in [-0.39, 0.29) is 5.91 Å². The lowest BCUT2D eigenvalue weighted by Crippen LogP contribution is -2.11. The molecule has 0 unspecified atom stereocenters. The van der Waals surface area contributed by atoms with Crippen LogP contribution in [-0.2, 0) is 0 Å². The summed E-state index contributed by atoms with van der Waals surface area (Å²) in [5.74, 6) is 0.511. The van der Waals surface area contributed by atoms with Gasteiger partial charge >= 0.3 is 0 Å². The lowest BCUT2D eigenvalue weighted by atomic mass is 10.0. The molecule has 0 aliphatic rings. The maximum atomic E-state index is 12.6. The molecular weight excluding hydrogens is 324 g/mol. The number of nitrogens with zero attached hydrogens (tertiary/aromatic N) is 1. The number of hydrogen-bond donors (Lipinski definition) is 1. The van der Waals surface area contributed by atoms with Crippen molar-refractivity contribution < 1.29 is 9.32 Å². The molecule has 1 amide bonds. The van der Waals surface area contributed by atoms with Gasteiger partial charge in [0, 0.05) is 16.8 Å². The third-order valence-corrected chi connectivity index (χ3v) is 4.36. The van der Waals surface area contributed by atoms with Crippen LogP contribution in [0.15, 0.2) is 71.3 Å². The molecule has 4 heteroatoms. The van der Waals surface area contributed by atoms with Crippen molar-refractivity contribution in [3.8, 4) is 11.3 Å². The van der Waals surface area contributed by atoms with Gasteiger partial charge in [0.2, 0.25) is 0 Å². The van der Waals surface area contributed by atoms with Crippen LogP contribution in [0, 0.1) is 13.8 Å². The first-order valence-electron chi connectivity index (χ1n) is 8.45. The van der Waals surface area contributed by atoms with E-state index < -0.39 is 0 Å². The first-order chi connectivity index (χ1) is 12.6. The minimum atomic E-state index is -0.160. The van der Waals surface area contributed by atoms with Gasteiger partial charge in [-0.05, 0) is 44.2 Å². The molecule has 0 fully saturated rings. The van der Waals surface area contributed by atoms with Crippen molar-refractivity contribution in [3.63, 3.8) is 0 Å². The summed E-state index contributed by atoms with van der Waals surface area (Å²) in [6.45, 7) is 4.05. The van der Waals surface area contributed by atoms with Crippen LogP contribution in [0.25, 0.3) is 22.2 Å². The molecule has 3 aromatic carbocycles. The number of anilines is 1. The number of carbonyl (C=O) groups excluding carboxylic acids is 1. The van der Waals surface area contributed by atoms with Gasteiger partial charge in [0.05, 0.1) is 5.39 Å². The average Bonchev–Trinajstić information content (AvgIpc) is 3.07. The summed E-state index contributed by atoms with van der Waals surface area (Å²) in [7, 11) is 0. The Morgan fingerprint density at radius 1 is 0.885 bits per heavy atom. The largest absolute Gasteiger partial charge is 0.355 e. The Kier molecular flexibility index (Phi) is 4.01. The number of hydrogen-bond acceptors (Lipinski definition) is 3. The number of aromatic nitrogens is 1. The summed E-state index contributed by atoms with van der Waals surface area (Å²) in [6, 6.07) is 21.1. The molecular formula is C22H18N2O2. The number of aryl methyl sites for hydroxylation is 2. The van der Waals surface area contributed by atoms with E-state index >= 15 is 0 Å². The third-order valence-electron chi connectivity index (χ3n) is 4.36. The molecule has 4 rings (SSSR count). The average molecular weight is 342 g/mol. The van der Waals surface area contributed by atoms with Crippen LogP contribution >= 0.6 is 0 Å². The van der Waals surface area contributed by atoms with Crippen LogP contribution in [0.4, 0.5) is 5.69 Å². The highest BCUT2D eigenvalue weighted by molar-refractivity contribution is 6.07. The zero-order valence-electron chi connectivity index (χ0n) is 14.6. The Bertz CT molecular complexity index is 1080. The molecule has 0 saturated heterocycles. The highest BCUT2D eigenvalue weighted by Gasteiger charge is 2.14. The van der Waals surface area contributed by atoms with Gasteiger partial charge in [-0.2, -0.15) is 0 Å². The first kappa shape index (κ1) is 16.1. The van der Waals surface area contributed by atoms with E-state index in [2.05, 4.69) is 10.5 Å². The molecule has 0 aliphatic heterocycles. The van der Waals surface area contributed by atoms with Gasteiger partial charge in [-0.1, -0.05) is 52.7 Å². The maximum absolute atomic E-state index is 12.6. The monoisotopic (exact) mass is 342 g/mol. The minimum absolute atomic E-state index is 0.160. The minimum Gasteiger partial charge on any atom is -0.355 e. The molecule has 0 saturated carbocycles. The summed E-state index contributed by atoms with van der Waals surface area (Å²) in [5, 5.41) is 7.85. The topological polar surface area (TPSA) is 55.1 Å². The predicted molar refractivity (Wildman–Crippen MR) is 103 cm³/mol. The summed E-state index contributed by atoms with van der Waals surface area (Å²) >= 11 is 0. The third kappa shape index (κ3) is 3.09. The van der Waals surface area contributed by atoms with E-state index in [1.165, 1.54) is 5.56 Å². The van der Waals surface area contributed by atoms with Gasteiger partial charge in [0.25, 0.3) is 5.91 Å². The van der Waals surface area contributed by atoms with E-state index in [1.807, 2.05) is 68.4 Å². The molecule has 0 bridgehead atoms. The number of rotatable bonds is 3. The smallest absolute Gasteiger partial charge is 0.255 e. The van der Waals surface area contributed by atoms with E-state index in [0.717, 1.165) is 27.7 Å². The lowest BCUT2D eigenvalue weighted by Gasteiger charge is -2.06. The molecule has 0 atom stereocenters. The van der Waals surface area contributed by atoms with E-state index in [1.54, 1.807) is 12.1 Å². The van der Waals surface area contributed by atoms with Crippen molar-refractivity contribution in [1.82, 2.24) is 5.16 Å². The first-order valence-corrected chi connectivity index (χ1v) is 8.45. The SMILES string of the molecule is Cc1ccc(NC(=O)c2ccc3noc(-c4ccc(C)cc4)c3c2)cc1. The fourth-order valence-electron chi connectivity index (χ4n) is 2.84. The number of carbonyl (C=O) groups is 1. The molecule has 1 aromatic heterocycles. The molecule has 26 heavy (non-hydrogen) atoms. The standard InChI is InChI=1S/C22H18N2O2/c1-14-3-7-16(8-4-14)21-19-13-17(9-12-20(19)24-26-21)22(25)23-18-10-5-15(2)6-11-18/h3-13H,1-2H3,(H,23,25). The summed E-state index contributed by atoms with van der Waals surface area (Å²) < 4.78 is 5.53. The molecule has 0 spiro atoms. The highest BCUT2D eigenvalue weighted by Crippen LogP contribution is 2.29. The quantitative estimate of drug-likeness (QED) is 0.545. The maximum Gasteiger partial charge on any atom is 0.255 e. The Morgan fingerprint density at radius 2 is 1.54 bits per heavy atom. The van der Waals surface area contributed by atoms with Crippen molar-refractivity contribution in [2.75, 3.05) is 5.32 Å². The highest BCUT2D eigenvalue weighted by atomic mass is 16.5. The van der Waals surface area contributed by atoms with Gasteiger partial charge in [-0.25, -0.2) is 0 Å². The normalized spacial score (nSPS) is 10.8. The Labute approximate surface area is 151 Å². The zero-order valence-corrected chi connectivity index (χ0v) is 14.6. The summed E-state index contributed by atoms with van der Waals surface area (Å²) in [5.41, 5.74) is 5.33. The van der Waals surface area contributed by atoms with Gasteiger partial charge in [-0.3, -0.25) is 4.79 Å². The number of benzene rings is 3. The molecule has 0 aliphatic carbocycles. The van der Waals surface area contributed by atoms with Crippen molar-refractivity contribution in [2.24, 2.45) is 0 Å². The Balaban J connectivity index is 1.68. The number of amides is 1. The van der Waals surface area contributed by atoms with Crippen molar-refractivity contribution in [1.29, 1.82) is 0 Å². The van der Waals surface area contributed by atoms with E-state index in [4.69, 9.17) is 4.52 Å². The van der Waals surface area contributed by atoms with Crippen molar-refractivity contribution in [3.05, 3.63) is 83.4 Å². The molecule has 1 N–H and O–H groups in total. The molecule has 4 aromatic rings. The molecule has 1 heterocycles. The van der Waals surface area contributed by atoms with Crippen LogP contribution in [-0.4, -0.2) is 11.1 Å². The van der Waals surface area contributed by atoms with E-state index in [9.17, 15) is 4.79 Å². The predicted octanol–water partition coefficient (Wildman–Crippen LogP) is 5.36. The van der Waals surface area contributed by atoms with Crippen molar-refractivity contribution in [2.45, 2.75) is 13.8 Å². The second-order valence-electron chi connectivity index (χ2n) is 6.43. The molecule has 0 radical (unpaired) electrons. The molecule has 128 valence electrons.